The standard InChI is InChI=1S/C17H26N4O2/c1-20(13-16-18-7-4-8-19-16)14-6-9-21(12-14)17(22)11-15-5-2-3-10-23-15/h4,7-8,14-15H,2-3,5-6,9-13H2,1H3/t14-,15-/m1/s1. The third kappa shape index (κ3) is 4.48. The van der Waals surface area contributed by atoms with E-state index >= 15 is 0 Å². The Morgan fingerprint density at radius 2 is 2.17 bits per heavy atom. The molecule has 0 unspecified atom stereocenters. The molecular weight excluding hydrogens is 292 g/mol. The summed E-state index contributed by atoms with van der Waals surface area (Å²) < 4.78 is 5.69. The van der Waals surface area contributed by atoms with E-state index < -0.39 is 0 Å². The molecule has 2 fully saturated rings. The SMILES string of the molecule is CN(Cc1ncccn1)[C@@H]1CCN(C(=O)C[C@H]2CCCCO2)C1. The van der Waals surface area contributed by atoms with Gasteiger partial charge in [0.1, 0.15) is 5.82 Å². The molecule has 0 spiro atoms. The van der Waals surface area contributed by atoms with Gasteiger partial charge in [-0.3, -0.25) is 9.69 Å². The maximum Gasteiger partial charge on any atom is 0.225 e. The zero-order chi connectivity index (χ0) is 16.1. The average molecular weight is 318 g/mol. The molecule has 1 amide bonds. The van der Waals surface area contributed by atoms with Gasteiger partial charge in [0.2, 0.25) is 5.91 Å². The van der Waals surface area contributed by atoms with Gasteiger partial charge in [0.05, 0.1) is 19.1 Å². The van der Waals surface area contributed by atoms with Gasteiger partial charge in [-0.05, 0) is 38.8 Å². The largest absolute Gasteiger partial charge is 0.378 e. The van der Waals surface area contributed by atoms with Crippen LogP contribution in [0.5, 0.6) is 0 Å². The molecule has 3 heterocycles. The summed E-state index contributed by atoms with van der Waals surface area (Å²) in [6.45, 7) is 3.17. The van der Waals surface area contributed by atoms with Crippen molar-refractivity contribution in [3.63, 3.8) is 0 Å². The van der Waals surface area contributed by atoms with Gasteiger partial charge in [-0.15, -0.1) is 0 Å². The molecule has 0 aliphatic carbocycles. The van der Waals surface area contributed by atoms with Gasteiger partial charge in [0, 0.05) is 38.1 Å². The number of carbonyl (C=O) groups is 1. The second kappa shape index (κ2) is 7.84. The smallest absolute Gasteiger partial charge is 0.225 e. The fraction of sp³-hybridized carbons (Fsp3) is 0.706. The lowest BCUT2D eigenvalue weighted by Gasteiger charge is -2.26. The summed E-state index contributed by atoms with van der Waals surface area (Å²) in [7, 11) is 2.08. The van der Waals surface area contributed by atoms with Crippen LogP contribution in [0.4, 0.5) is 0 Å². The molecule has 0 aromatic carbocycles. The Labute approximate surface area is 137 Å². The van der Waals surface area contributed by atoms with Crippen molar-refractivity contribution in [1.29, 1.82) is 0 Å². The fourth-order valence-corrected chi connectivity index (χ4v) is 3.38. The summed E-state index contributed by atoms with van der Waals surface area (Å²) in [5, 5.41) is 0. The highest BCUT2D eigenvalue weighted by atomic mass is 16.5. The quantitative estimate of drug-likeness (QED) is 0.823. The number of likely N-dealkylation sites (N-methyl/N-ethyl adjacent to an activating group) is 1. The van der Waals surface area contributed by atoms with E-state index in [4.69, 9.17) is 4.74 Å². The summed E-state index contributed by atoms with van der Waals surface area (Å²) in [4.78, 5) is 25.2. The predicted octanol–water partition coefficient (Wildman–Crippen LogP) is 1.47. The van der Waals surface area contributed by atoms with Crippen molar-refractivity contribution in [2.45, 2.75) is 50.8 Å². The monoisotopic (exact) mass is 318 g/mol. The zero-order valence-corrected chi connectivity index (χ0v) is 13.9. The highest BCUT2D eigenvalue weighted by Gasteiger charge is 2.30. The molecule has 6 nitrogen and oxygen atoms in total. The van der Waals surface area contributed by atoms with Crippen molar-refractivity contribution in [2.24, 2.45) is 0 Å². The second-order valence-electron chi connectivity index (χ2n) is 6.56. The third-order valence-electron chi connectivity index (χ3n) is 4.83. The van der Waals surface area contributed by atoms with Crippen molar-refractivity contribution in [3.05, 3.63) is 24.3 Å². The van der Waals surface area contributed by atoms with Crippen LogP contribution in [0, 0.1) is 0 Å². The normalized spacial score (nSPS) is 25.0. The Hall–Kier alpha value is -1.53. The van der Waals surface area contributed by atoms with E-state index in [9.17, 15) is 4.79 Å². The van der Waals surface area contributed by atoms with Gasteiger partial charge in [-0.2, -0.15) is 0 Å². The molecule has 0 bridgehead atoms. The van der Waals surface area contributed by atoms with E-state index in [-0.39, 0.29) is 12.0 Å². The molecule has 2 saturated heterocycles. The van der Waals surface area contributed by atoms with E-state index in [1.807, 2.05) is 11.0 Å². The molecule has 126 valence electrons. The van der Waals surface area contributed by atoms with Gasteiger partial charge < -0.3 is 9.64 Å². The molecule has 1 aromatic rings. The lowest BCUT2D eigenvalue weighted by Crippen LogP contribution is -2.38. The van der Waals surface area contributed by atoms with Crippen LogP contribution in [0.15, 0.2) is 18.5 Å². The van der Waals surface area contributed by atoms with Gasteiger partial charge in [0.15, 0.2) is 0 Å². The number of amides is 1. The minimum atomic E-state index is 0.130. The van der Waals surface area contributed by atoms with Crippen LogP contribution >= 0.6 is 0 Å². The van der Waals surface area contributed by atoms with E-state index in [1.165, 1.54) is 6.42 Å². The number of hydrogen-bond donors (Lipinski definition) is 0. The molecular formula is C17H26N4O2. The molecule has 2 aliphatic rings. The summed E-state index contributed by atoms with van der Waals surface area (Å²) in [6.07, 6.45) is 8.55. The van der Waals surface area contributed by atoms with Gasteiger partial charge in [-0.1, -0.05) is 0 Å². The molecule has 6 heteroatoms. The fourth-order valence-electron chi connectivity index (χ4n) is 3.38. The number of nitrogens with zero attached hydrogens (tertiary/aromatic N) is 4. The van der Waals surface area contributed by atoms with Crippen LogP contribution in [-0.2, 0) is 16.1 Å². The first-order valence-electron chi connectivity index (χ1n) is 8.58. The van der Waals surface area contributed by atoms with E-state index in [0.29, 0.717) is 12.5 Å². The molecule has 23 heavy (non-hydrogen) atoms. The maximum atomic E-state index is 12.4. The Balaban J connectivity index is 1.46. The van der Waals surface area contributed by atoms with Gasteiger partial charge in [-0.25, -0.2) is 9.97 Å². The van der Waals surface area contributed by atoms with Crippen LogP contribution in [-0.4, -0.2) is 64.6 Å². The molecule has 1 aromatic heterocycles. The number of rotatable bonds is 5. The Morgan fingerprint density at radius 3 is 2.91 bits per heavy atom. The summed E-state index contributed by atoms with van der Waals surface area (Å²) >= 11 is 0. The molecule has 0 saturated carbocycles. The average Bonchev–Trinajstić information content (AvgIpc) is 3.07. The van der Waals surface area contributed by atoms with Gasteiger partial charge >= 0.3 is 0 Å². The first-order valence-corrected chi connectivity index (χ1v) is 8.58. The highest BCUT2D eigenvalue weighted by molar-refractivity contribution is 5.77. The molecule has 0 N–H and O–H groups in total. The third-order valence-corrected chi connectivity index (χ3v) is 4.83. The first kappa shape index (κ1) is 16.3. The highest BCUT2D eigenvalue weighted by Crippen LogP contribution is 2.20. The van der Waals surface area contributed by atoms with E-state index in [0.717, 1.165) is 51.3 Å². The predicted molar refractivity (Wildman–Crippen MR) is 86.7 cm³/mol. The van der Waals surface area contributed by atoms with Crippen molar-refractivity contribution < 1.29 is 9.53 Å². The number of carbonyl (C=O) groups excluding carboxylic acids is 1. The summed E-state index contributed by atoms with van der Waals surface area (Å²) in [5.74, 6) is 1.07. The van der Waals surface area contributed by atoms with Crippen molar-refractivity contribution in [3.8, 4) is 0 Å². The number of ether oxygens (including phenoxy) is 1. The van der Waals surface area contributed by atoms with Crippen LogP contribution in [0.1, 0.15) is 37.9 Å². The van der Waals surface area contributed by atoms with E-state index in [1.54, 1.807) is 12.4 Å². The number of likely N-dealkylation sites (tertiary alicyclic amines) is 1. The lowest BCUT2D eigenvalue weighted by molar-refractivity contribution is -0.134. The zero-order valence-electron chi connectivity index (χ0n) is 13.9. The van der Waals surface area contributed by atoms with Crippen molar-refractivity contribution in [2.75, 3.05) is 26.7 Å². The van der Waals surface area contributed by atoms with Crippen LogP contribution in [0.25, 0.3) is 0 Å². The van der Waals surface area contributed by atoms with Crippen LogP contribution < -0.4 is 0 Å². The lowest BCUT2D eigenvalue weighted by atomic mass is 10.1. The van der Waals surface area contributed by atoms with Gasteiger partial charge in [0.25, 0.3) is 0 Å². The molecule has 2 atom stereocenters. The van der Waals surface area contributed by atoms with Crippen molar-refractivity contribution in [1.82, 2.24) is 19.8 Å². The summed E-state index contributed by atoms with van der Waals surface area (Å²) in [5.41, 5.74) is 0. The van der Waals surface area contributed by atoms with Crippen LogP contribution in [0.2, 0.25) is 0 Å². The Morgan fingerprint density at radius 1 is 1.35 bits per heavy atom. The summed E-state index contributed by atoms with van der Waals surface area (Å²) in [6, 6.07) is 2.21. The minimum Gasteiger partial charge on any atom is -0.378 e. The minimum absolute atomic E-state index is 0.130. The van der Waals surface area contributed by atoms with Crippen molar-refractivity contribution >= 4 is 5.91 Å². The molecule has 0 radical (unpaired) electrons. The van der Waals surface area contributed by atoms with E-state index in [2.05, 4.69) is 21.9 Å². The number of hydrogen-bond acceptors (Lipinski definition) is 5. The molecule has 3 rings (SSSR count). The Bertz CT molecular complexity index is 505. The first-order chi connectivity index (χ1) is 11.2. The van der Waals surface area contributed by atoms with Crippen LogP contribution in [0.3, 0.4) is 0 Å². The molecule has 2 aliphatic heterocycles. The topological polar surface area (TPSA) is 58.6 Å². The number of aromatic nitrogens is 2. The maximum absolute atomic E-state index is 12.4. The Kier molecular flexibility index (Phi) is 5.56. The second-order valence-corrected chi connectivity index (χ2v) is 6.56.